The largest absolute Gasteiger partial charge is 0.378 e. The highest BCUT2D eigenvalue weighted by Crippen LogP contribution is 2.42. The summed E-state index contributed by atoms with van der Waals surface area (Å²) in [6.07, 6.45) is 12.8. The minimum atomic E-state index is 0.561. The topological polar surface area (TPSA) is 21.3 Å². The fourth-order valence-corrected chi connectivity index (χ4v) is 3.79. The molecule has 2 unspecified atom stereocenters. The van der Waals surface area contributed by atoms with Crippen molar-refractivity contribution in [3.63, 3.8) is 0 Å². The second-order valence-electron chi connectivity index (χ2n) is 6.27. The second-order valence-corrected chi connectivity index (χ2v) is 6.27. The first-order valence-corrected chi connectivity index (χ1v) is 7.53. The van der Waals surface area contributed by atoms with Gasteiger partial charge in [0.15, 0.2) is 0 Å². The maximum absolute atomic E-state index is 5.70. The van der Waals surface area contributed by atoms with Crippen LogP contribution in [0.3, 0.4) is 0 Å². The van der Waals surface area contributed by atoms with E-state index >= 15 is 0 Å². The number of ether oxygens (including phenoxy) is 1. The molecule has 17 heavy (non-hydrogen) atoms. The summed E-state index contributed by atoms with van der Waals surface area (Å²) in [4.78, 5) is 0. The average Bonchev–Trinajstić information content (AvgIpc) is 2.96. The SMILES string of the molecule is CNC(CCCC1CCCO1)C1(C)CCCC1. The lowest BCUT2D eigenvalue weighted by Gasteiger charge is -2.34. The Kier molecular flexibility index (Phi) is 4.87. The Morgan fingerprint density at radius 2 is 2.06 bits per heavy atom. The summed E-state index contributed by atoms with van der Waals surface area (Å²) in [6, 6.07) is 0.714. The van der Waals surface area contributed by atoms with Gasteiger partial charge in [-0.25, -0.2) is 0 Å². The lowest BCUT2D eigenvalue weighted by molar-refractivity contribution is 0.0986. The molecule has 0 radical (unpaired) electrons. The monoisotopic (exact) mass is 239 g/mol. The van der Waals surface area contributed by atoms with Crippen LogP contribution >= 0.6 is 0 Å². The van der Waals surface area contributed by atoms with Crippen molar-refractivity contribution in [1.82, 2.24) is 5.32 Å². The number of rotatable bonds is 6. The van der Waals surface area contributed by atoms with Gasteiger partial charge >= 0.3 is 0 Å². The molecule has 1 N–H and O–H groups in total. The van der Waals surface area contributed by atoms with E-state index in [1.165, 1.54) is 57.8 Å². The molecule has 2 rings (SSSR count). The zero-order valence-electron chi connectivity index (χ0n) is 11.6. The van der Waals surface area contributed by atoms with Crippen molar-refractivity contribution in [2.24, 2.45) is 5.41 Å². The fourth-order valence-electron chi connectivity index (χ4n) is 3.79. The van der Waals surface area contributed by atoms with Gasteiger partial charge in [0.25, 0.3) is 0 Å². The zero-order valence-corrected chi connectivity index (χ0v) is 11.6. The molecule has 2 fully saturated rings. The molecular formula is C15H29NO. The third kappa shape index (κ3) is 3.45. The molecule has 0 bridgehead atoms. The molecule has 0 aromatic heterocycles. The predicted molar refractivity (Wildman–Crippen MR) is 72.2 cm³/mol. The molecule has 1 saturated carbocycles. The first kappa shape index (κ1) is 13.4. The Balaban J connectivity index is 1.71. The lowest BCUT2D eigenvalue weighted by Crippen LogP contribution is -2.40. The summed E-state index contributed by atoms with van der Waals surface area (Å²) >= 11 is 0. The van der Waals surface area contributed by atoms with Gasteiger partial charge in [-0.05, 0) is 57.4 Å². The van der Waals surface area contributed by atoms with E-state index < -0.39 is 0 Å². The van der Waals surface area contributed by atoms with E-state index in [9.17, 15) is 0 Å². The molecule has 100 valence electrons. The molecule has 0 aromatic rings. The molecule has 2 aliphatic rings. The highest BCUT2D eigenvalue weighted by Gasteiger charge is 2.35. The lowest BCUT2D eigenvalue weighted by atomic mass is 9.78. The van der Waals surface area contributed by atoms with Crippen LogP contribution in [-0.2, 0) is 4.74 Å². The van der Waals surface area contributed by atoms with Crippen LogP contribution in [0.25, 0.3) is 0 Å². The Hall–Kier alpha value is -0.0800. The quantitative estimate of drug-likeness (QED) is 0.766. The Bertz CT molecular complexity index is 217. The first-order chi connectivity index (χ1) is 8.24. The van der Waals surface area contributed by atoms with E-state index in [4.69, 9.17) is 4.74 Å². The molecule has 1 aliphatic heterocycles. The Morgan fingerprint density at radius 1 is 1.29 bits per heavy atom. The number of nitrogens with one attached hydrogen (secondary N) is 1. The van der Waals surface area contributed by atoms with E-state index in [0.717, 1.165) is 6.61 Å². The van der Waals surface area contributed by atoms with Gasteiger partial charge in [-0.1, -0.05) is 19.8 Å². The smallest absolute Gasteiger partial charge is 0.0576 e. The van der Waals surface area contributed by atoms with E-state index in [-0.39, 0.29) is 0 Å². The summed E-state index contributed by atoms with van der Waals surface area (Å²) in [5.74, 6) is 0. The highest BCUT2D eigenvalue weighted by molar-refractivity contribution is 4.90. The van der Waals surface area contributed by atoms with Gasteiger partial charge in [0.1, 0.15) is 0 Å². The molecule has 2 nitrogen and oxygen atoms in total. The summed E-state index contributed by atoms with van der Waals surface area (Å²) in [5, 5.41) is 3.57. The van der Waals surface area contributed by atoms with Gasteiger partial charge in [0, 0.05) is 12.6 Å². The molecular weight excluding hydrogens is 210 g/mol. The van der Waals surface area contributed by atoms with Crippen molar-refractivity contribution in [2.45, 2.75) is 76.9 Å². The molecule has 0 aromatic carbocycles. The van der Waals surface area contributed by atoms with Crippen LogP contribution < -0.4 is 5.32 Å². The fraction of sp³-hybridized carbons (Fsp3) is 1.00. The van der Waals surface area contributed by atoms with Crippen molar-refractivity contribution < 1.29 is 4.74 Å². The minimum absolute atomic E-state index is 0.561. The molecule has 2 heteroatoms. The normalized spacial score (nSPS) is 29.6. The van der Waals surface area contributed by atoms with E-state index in [2.05, 4.69) is 19.3 Å². The number of hydrogen-bond donors (Lipinski definition) is 1. The van der Waals surface area contributed by atoms with E-state index in [1.54, 1.807) is 0 Å². The molecule has 1 aliphatic carbocycles. The van der Waals surface area contributed by atoms with Crippen molar-refractivity contribution in [3.05, 3.63) is 0 Å². The molecule has 2 atom stereocenters. The Labute approximate surface area is 107 Å². The molecule has 1 saturated heterocycles. The van der Waals surface area contributed by atoms with Gasteiger partial charge in [0.2, 0.25) is 0 Å². The van der Waals surface area contributed by atoms with Gasteiger partial charge in [-0.15, -0.1) is 0 Å². The van der Waals surface area contributed by atoms with Crippen LogP contribution in [0.1, 0.15) is 64.7 Å². The van der Waals surface area contributed by atoms with Gasteiger partial charge in [0.05, 0.1) is 6.10 Å². The maximum atomic E-state index is 5.70. The maximum Gasteiger partial charge on any atom is 0.0576 e. The number of hydrogen-bond acceptors (Lipinski definition) is 2. The molecule has 0 spiro atoms. The minimum Gasteiger partial charge on any atom is -0.378 e. The standard InChI is InChI=1S/C15H29NO/c1-15(10-3-4-11-15)14(16-2)9-5-7-13-8-6-12-17-13/h13-14,16H,3-12H2,1-2H3. The second kappa shape index (κ2) is 6.19. The zero-order chi connectivity index (χ0) is 12.1. The van der Waals surface area contributed by atoms with E-state index in [1.807, 2.05) is 0 Å². The Morgan fingerprint density at radius 3 is 2.65 bits per heavy atom. The highest BCUT2D eigenvalue weighted by atomic mass is 16.5. The summed E-state index contributed by atoms with van der Waals surface area (Å²) in [6.45, 7) is 3.48. The van der Waals surface area contributed by atoms with Gasteiger partial charge in [-0.2, -0.15) is 0 Å². The van der Waals surface area contributed by atoms with Crippen molar-refractivity contribution in [1.29, 1.82) is 0 Å². The van der Waals surface area contributed by atoms with Crippen LogP contribution in [0.4, 0.5) is 0 Å². The van der Waals surface area contributed by atoms with E-state index in [0.29, 0.717) is 17.6 Å². The van der Waals surface area contributed by atoms with Crippen molar-refractivity contribution in [3.8, 4) is 0 Å². The van der Waals surface area contributed by atoms with Crippen molar-refractivity contribution in [2.75, 3.05) is 13.7 Å². The van der Waals surface area contributed by atoms with Gasteiger partial charge < -0.3 is 10.1 Å². The third-order valence-electron chi connectivity index (χ3n) is 4.98. The predicted octanol–water partition coefficient (Wildman–Crippen LogP) is 3.50. The summed E-state index contributed by atoms with van der Waals surface area (Å²) < 4.78 is 5.70. The summed E-state index contributed by atoms with van der Waals surface area (Å²) in [5.41, 5.74) is 0.561. The van der Waals surface area contributed by atoms with Crippen LogP contribution in [0.15, 0.2) is 0 Å². The third-order valence-corrected chi connectivity index (χ3v) is 4.98. The van der Waals surface area contributed by atoms with Crippen LogP contribution in [0.2, 0.25) is 0 Å². The molecule has 0 amide bonds. The van der Waals surface area contributed by atoms with Crippen molar-refractivity contribution >= 4 is 0 Å². The average molecular weight is 239 g/mol. The molecule has 1 heterocycles. The van der Waals surface area contributed by atoms with Crippen LogP contribution in [0.5, 0.6) is 0 Å². The van der Waals surface area contributed by atoms with Crippen LogP contribution in [-0.4, -0.2) is 25.8 Å². The van der Waals surface area contributed by atoms with Crippen LogP contribution in [0, 0.1) is 5.41 Å². The van der Waals surface area contributed by atoms with Gasteiger partial charge in [-0.3, -0.25) is 0 Å². The first-order valence-electron chi connectivity index (χ1n) is 7.53. The summed E-state index contributed by atoms with van der Waals surface area (Å²) in [7, 11) is 2.14.